The summed E-state index contributed by atoms with van der Waals surface area (Å²) in [6, 6.07) is 0. The minimum absolute atomic E-state index is 0.473. The Kier molecular flexibility index (Phi) is 3.43. The molecule has 20 heavy (non-hydrogen) atoms. The fourth-order valence-electron chi connectivity index (χ4n) is 2.17. The molecule has 7 nitrogen and oxygen atoms in total. The van der Waals surface area contributed by atoms with Crippen LogP contribution in [-0.2, 0) is 0 Å². The molecule has 3 rings (SSSR count). The van der Waals surface area contributed by atoms with E-state index in [0.29, 0.717) is 22.9 Å². The minimum atomic E-state index is 0.473. The highest BCUT2D eigenvalue weighted by atomic mass is 35.5. The molecule has 0 aromatic carbocycles. The predicted molar refractivity (Wildman–Crippen MR) is 77.7 cm³/mol. The monoisotopic (exact) mass is 293 g/mol. The summed E-state index contributed by atoms with van der Waals surface area (Å²) in [7, 11) is 1.79. The molecular formula is C12H16ClN7. The van der Waals surface area contributed by atoms with Gasteiger partial charge in [-0.2, -0.15) is 20.1 Å². The highest BCUT2D eigenvalue weighted by molar-refractivity contribution is 6.31. The van der Waals surface area contributed by atoms with Gasteiger partial charge in [-0.15, -0.1) is 0 Å². The number of aromatic nitrogens is 5. The van der Waals surface area contributed by atoms with E-state index in [4.69, 9.17) is 11.6 Å². The van der Waals surface area contributed by atoms with E-state index in [2.05, 4.69) is 30.3 Å². The van der Waals surface area contributed by atoms with Gasteiger partial charge in [-0.3, -0.25) is 0 Å². The molecule has 0 bridgehead atoms. The van der Waals surface area contributed by atoms with Crippen molar-refractivity contribution in [3.8, 4) is 5.95 Å². The summed E-state index contributed by atoms with van der Waals surface area (Å²) in [6.45, 7) is 3.80. The van der Waals surface area contributed by atoms with Crippen molar-refractivity contribution in [2.45, 2.75) is 19.8 Å². The normalized spacial score (nSPS) is 14.8. The summed E-state index contributed by atoms with van der Waals surface area (Å²) >= 11 is 6.04. The van der Waals surface area contributed by atoms with Gasteiger partial charge in [0.05, 0.1) is 16.9 Å². The van der Waals surface area contributed by atoms with Crippen LogP contribution in [0.2, 0.25) is 5.02 Å². The average Bonchev–Trinajstić information content (AvgIpc) is 3.09. The second-order valence-electron chi connectivity index (χ2n) is 4.71. The zero-order chi connectivity index (χ0) is 14.1. The van der Waals surface area contributed by atoms with Crippen molar-refractivity contribution in [2.75, 3.05) is 30.4 Å². The van der Waals surface area contributed by atoms with Crippen molar-refractivity contribution in [3.63, 3.8) is 0 Å². The number of nitrogens with one attached hydrogen (secondary N) is 1. The van der Waals surface area contributed by atoms with Crippen molar-refractivity contribution in [1.82, 2.24) is 24.7 Å². The topological polar surface area (TPSA) is 71.8 Å². The van der Waals surface area contributed by atoms with Gasteiger partial charge in [-0.1, -0.05) is 11.6 Å². The number of hydrogen-bond donors (Lipinski definition) is 1. The zero-order valence-corrected chi connectivity index (χ0v) is 12.2. The number of rotatable bonds is 3. The van der Waals surface area contributed by atoms with Gasteiger partial charge in [0.25, 0.3) is 5.95 Å². The van der Waals surface area contributed by atoms with E-state index >= 15 is 0 Å². The summed E-state index contributed by atoms with van der Waals surface area (Å²) in [6.07, 6.45) is 4.05. The SMILES string of the molecule is CNc1nc(N2CCCC2)nc(-n2cc(Cl)c(C)n2)n1. The quantitative estimate of drug-likeness (QED) is 0.928. The van der Waals surface area contributed by atoms with Crippen LogP contribution in [0.15, 0.2) is 6.20 Å². The molecule has 1 N–H and O–H groups in total. The van der Waals surface area contributed by atoms with Crippen LogP contribution < -0.4 is 10.2 Å². The number of nitrogens with zero attached hydrogens (tertiary/aromatic N) is 6. The number of hydrogen-bond acceptors (Lipinski definition) is 6. The number of anilines is 2. The Morgan fingerprint density at radius 1 is 1.15 bits per heavy atom. The second kappa shape index (κ2) is 5.24. The lowest BCUT2D eigenvalue weighted by molar-refractivity contribution is 0.773. The summed E-state index contributed by atoms with van der Waals surface area (Å²) in [5.41, 5.74) is 0.751. The molecule has 106 valence electrons. The van der Waals surface area contributed by atoms with E-state index in [1.165, 1.54) is 12.8 Å². The lowest BCUT2D eigenvalue weighted by atomic mass is 10.4. The first kappa shape index (κ1) is 13.1. The van der Waals surface area contributed by atoms with Crippen LogP contribution in [0.25, 0.3) is 5.95 Å². The van der Waals surface area contributed by atoms with Gasteiger partial charge in [-0.05, 0) is 19.8 Å². The van der Waals surface area contributed by atoms with E-state index in [0.717, 1.165) is 18.8 Å². The van der Waals surface area contributed by atoms with E-state index < -0.39 is 0 Å². The van der Waals surface area contributed by atoms with Crippen LogP contribution in [0.1, 0.15) is 18.5 Å². The molecule has 0 saturated carbocycles. The van der Waals surface area contributed by atoms with Crippen molar-refractivity contribution < 1.29 is 0 Å². The summed E-state index contributed by atoms with van der Waals surface area (Å²) in [5, 5.41) is 7.87. The Hall–Kier alpha value is -1.89. The van der Waals surface area contributed by atoms with Gasteiger partial charge in [-0.25, -0.2) is 4.68 Å². The lowest BCUT2D eigenvalue weighted by Gasteiger charge is -2.16. The number of halogens is 1. The fraction of sp³-hybridized carbons (Fsp3) is 0.500. The van der Waals surface area contributed by atoms with Crippen LogP contribution in [0.5, 0.6) is 0 Å². The van der Waals surface area contributed by atoms with Crippen molar-refractivity contribution >= 4 is 23.5 Å². The molecule has 0 unspecified atom stereocenters. The minimum Gasteiger partial charge on any atom is -0.357 e. The molecule has 8 heteroatoms. The summed E-state index contributed by atoms with van der Waals surface area (Å²) in [4.78, 5) is 15.4. The number of aryl methyl sites for hydroxylation is 1. The Morgan fingerprint density at radius 3 is 2.45 bits per heavy atom. The standard InChI is InChI=1S/C12H16ClN7/c1-8-9(13)7-20(18-8)12-16-10(14-2)15-11(17-12)19-5-3-4-6-19/h7H,3-6H2,1-2H3,(H,14,15,16,17). The van der Waals surface area contributed by atoms with Gasteiger partial charge in [0.15, 0.2) is 0 Å². The third-order valence-corrected chi connectivity index (χ3v) is 3.64. The van der Waals surface area contributed by atoms with Gasteiger partial charge >= 0.3 is 0 Å². The van der Waals surface area contributed by atoms with E-state index in [1.54, 1.807) is 17.9 Å². The smallest absolute Gasteiger partial charge is 0.257 e. The molecule has 2 aromatic rings. The maximum Gasteiger partial charge on any atom is 0.257 e. The third-order valence-electron chi connectivity index (χ3n) is 3.27. The lowest BCUT2D eigenvalue weighted by Crippen LogP contribution is -2.22. The first-order chi connectivity index (χ1) is 9.67. The van der Waals surface area contributed by atoms with Crippen molar-refractivity contribution in [2.24, 2.45) is 0 Å². The Balaban J connectivity index is 2.03. The summed E-state index contributed by atoms with van der Waals surface area (Å²) < 4.78 is 1.58. The fourth-order valence-corrected chi connectivity index (χ4v) is 2.30. The molecule has 1 saturated heterocycles. The molecule has 3 heterocycles. The second-order valence-corrected chi connectivity index (χ2v) is 5.12. The van der Waals surface area contributed by atoms with E-state index in [9.17, 15) is 0 Å². The van der Waals surface area contributed by atoms with Gasteiger partial charge < -0.3 is 10.2 Å². The highest BCUT2D eigenvalue weighted by Crippen LogP contribution is 2.19. The van der Waals surface area contributed by atoms with E-state index in [1.807, 2.05) is 6.92 Å². The molecular weight excluding hydrogens is 278 g/mol. The predicted octanol–water partition coefficient (Wildman–Crippen LogP) is 1.66. The molecule has 1 aliphatic heterocycles. The largest absolute Gasteiger partial charge is 0.357 e. The molecule has 1 fully saturated rings. The van der Waals surface area contributed by atoms with Crippen LogP contribution in [0.4, 0.5) is 11.9 Å². The maximum atomic E-state index is 6.04. The molecule has 0 aliphatic carbocycles. The Bertz CT molecular complexity index is 599. The highest BCUT2D eigenvalue weighted by Gasteiger charge is 2.18. The first-order valence-corrected chi connectivity index (χ1v) is 6.96. The maximum absolute atomic E-state index is 6.04. The third kappa shape index (κ3) is 2.40. The van der Waals surface area contributed by atoms with Gasteiger partial charge in [0, 0.05) is 20.1 Å². The molecule has 1 aliphatic rings. The first-order valence-electron chi connectivity index (χ1n) is 6.58. The zero-order valence-electron chi connectivity index (χ0n) is 11.5. The van der Waals surface area contributed by atoms with Crippen LogP contribution >= 0.6 is 11.6 Å². The van der Waals surface area contributed by atoms with Crippen LogP contribution in [0.3, 0.4) is 0 Å². The molecule has 0 radical (unpaired) electrons. The Labute approximate surface area is 122 Å². The summed E-state index contributed by atoms with van der Waals surface area (Å²) in [5.74, 6) is 1.68. The van der Waals surface area contributed by atoms with Crippen LogP contribution in [-0.4, -0.2) is 44.9 Å². The molecule has 2 aromatic heterocycles. The van der Waals surface area contributed by atoms with Crippen molar-refractivity contribution in [3.05, 3.63) is 16.9 Å². The molecule has 0 atom stereocenters. The average molecular weight is 294 g/mol. The van der Waals surface area contributed by atoms with Gasteiger partial charge in [0.1, 0.15) is 0 Å². The van der Waals surface area contributed by atoms with E-state index in [-0.39, 0.29) is 0 Å². The van der Waals surface area contributed by atoms with Crippen LogP contribution in [0, 0.1) is 6.92 Å². The molecule has 0 spiro atoms. The van der Waals surface area contributed by atoms with Gasteiger partial charge in [0.2, 0.25) is 11.9 Å². The molecule has 0 amide bonds. The Morgan fingerprint density at radius 2 is 1.85 bits per heavy atom. The van der Waals surface area contributed by atoms with Crippen molar-refractivity contribution in [1.29, 1.82) is 0 Å².